The monoisotopic (exact) mass is 308 g/mol. The van der Waals surface area contributed by atoms with Crippen LogP contribution in [0.4, 0.5) is 0 Å². The maximum absolute atomic E-state index is 12.7. The molecule has 0 bridgehead atoms. The van der Waals surface area contributed by atoms with Crippen LogP contribution in [0.15, 0.2) is 41.8 Å². The Labute approximate surface area is 125 Å². The minimum atomic E-state index is -3.75. The van der Waals surface area contributed by atoms with Crippen LogP contribution in [0.2, 0.25) is 0 Å². The van der Waals surface area contributed by atoms with Crippen molar-refractivity contribution >= 4 is 21.9 Å². The van der Waals surface area contributed by atoms with Crippen molar-refractivity contribution in [3.63, 3.8) is 0 Å². The van der Waals surface area contributed by atoms with Crippen LogP contribution in [-0.2, 0) is 19.4 Å². The van der Waals surface area contributed by atoms with Gasteiger partial charge in [-0.3, -0.25) is 4.79 Å². The fraction of sp³-hybridized carbons (Fsp3) is 0.375. The van der Waals surface area contributed by atoms with Gasteiger partial charge < -0.3 is 4.79 Å². The topological polar surface area (TPSA) is 68.3 Å². The average Bonchev–Trinajstić information content (AvgIpc) is 2.42. The van der Waals surface area contributed by atoms with Gasteiger partial charge in [0, 0.05) is 12.3 Å². The molecule has 0 saturated carbocycles. The summed E-state index contributed by atoms with van der Waals surface area (Å²) < 4.78 is 25.4. The summed E-state index contributed by atoms with van der Waals surface area (Å²) in [5.41, 5.74) is 0.940. The zero-order valence-electron chi connectivity index (χ0n) is 12.3. The van der Waals surface area contributed by atoms with Gasteiger partial charge in [0.05, 0.1) is 10.1 Å². The molecule has 1 aromatic carbocycles. The molecule has 0 N–H and O–H groups in total. The van der Waals surface area contributed by atoms with Crippen molar-refractivity contribution in [1.29, 1.82) is 0 Å². The van der Waals surface area contributed by atoms with Gasteiger partial charge in [-0.15, -0.1) is 6.58 Å². The predicted molar refractivity (Wildman–Crippen MR) is 81.8 cm³/mol. The number of carbonyl (C=O) groups excluding carboxylic acids is 2. The molecule has 2 atom stereocenters. The van der Waals surface area contributed by atoms with Crippen molar-refractivity contribution in [3.05, 3.63) is 42.5 Å². The third kappa shape index (κ3) is 4.36. The number of hydrogen-bond acceptors (Lipinski definition) is 4. The van der Waals surface area contributed by atoms with Crippen LogP contribution in [0.3, 0.4) is 0 Å². The van der Waals surface area contributed by atoms with Crippen LogP contribution in [0.5, 0.6) is 0 Å². The highest BCUT2D eigenvalue weighted by Crippen LogP contribution is 2.26. The maximum Gasteiger partial charge on any atom is 0.182 e. The van der Waals surface area contributed by atoms with Gasteiger partial charge in [0.25, 0.3) is 0 Å². The number of sulfone groups is 1. The number of aryl methyl sites for hydroxylation is 1. The lowest BCUT2D eigenvalue weighted by Gasteiger charge is -2.21. The molecule has 21 heavy (non-hydrogen) atoms. The van der Waals surface area contributed by atoms with E-state index < -0.39 is 21.0 Å². The second-order valence-electron chi connectivity index (χ2n) is 5.13. The second kappa shape index (κ2) is 7.31. The Bertz CT molecular complexity index is 614. The van der Waals surface area contributed by atoms with Gasteiger partial charge in [0.2, 0.25) is 0 Å². The first-order valence-electron chi connectivity index (χ1n) is 6.69. The van der Waals surface area contributed by atoms with Crippen molar-refractivity contribution in [2.75, 3.05) is 0 Å². The van der Waals surface area contributed by atoms with Crippen LogP contribution in [0, 0.1) is 12.8 Å². The standard InChI is InChI=1S/C16H20O4S/c1-4-5-14(11-17)16(10-13(3)18)21(19,20)15-8-6-12(2)7-9-15/h4,6-9,11,14,16H,1,5,10H2,2-3H3/t14-,16-/m0/s1. The minimum absolute atomic E-state index is 0.135. The molecule has 1 aromatic rings. The Morgan fingerprint density at radius 3 is 2.29 bits per heavy atom. The number of allylic oxidation sites excluding steroid dienone is 1. The van der Waals surface area contributed by atoms with Crippen LogP contribution in [-0.4, -0.2) is 25.7 Å². The minimum Gasteiger partial charge on any atom is -0.303 e. The van der Waals surface area contributed by atoms with Crippen molar-refractivity contribution in [2.24, 2.45) is 5.92 Å². The summed E-state index contributed by atoms with van der Waals surface area (Å²) in [6.45, 7) is 6.72. The van der Waals surface area contributed by atoms with Gasteiger partial charge in [-0.2, -0.15) is 0 Å². The van der Waals surface area contributed by atoms with Gasteiger partial charge in [-0.25, -0.2) is 8.42 Å². The van der Waals surface area contributed by atoms with Gasteiger partial charge in [-0.1, -0.05) is 23.8 Å². The first-order chi connectivity index (χ1) is 9.82. The second-order valence-corrected chi connectivity index (χ2v) is 7.29. The lowest BCUT2D eigenvalue weighted by Crippen LogP contribution is -2.32. The van der Waals surface area contributed by atoms with E-state index in [2.05, 4.69) is 6.58 Å². The summed E-state index contributed by atoms with van der Waals surface area (Å²) in [5.74, 6) is -1.02. The fourth-order valence-corrected chi connectivity index (χ4v) is 4.12. The van der Waals surface area contributed by atoms with E-state index in [1.54, 1.807) is 12.1 Å². The lowest BCUT2D eigenvalue weighted by atomic mass is 9.99. The van der Waals surface area contributed by atoms with Crippen LogP contribution >= 0.6 is 0 Å². The van der Waals surface area contributed by atoms with Gasteiger partial charge in [0.15, 0.2) is 9.84 Å². The molecular formula is C16H20O4S. The molecule has 0 fully saturated rings. The molecule has 5 heteroatoms. The number of ketones is 1. The van der Waals surface area contributed by atoms with Crippen molar-refractivity contribution in [3.8, 4) is 0 Å². The Hall–Kier alpha value is -1.75. The third-order valence-electron chi connectivity index (χ3n) is 3.33. The number of rotatable bonds is 8. The zero-order valence-corrected chi connectivity index (χ0v) is 13.1. The highest BCUT2D eigenvalue weighted by Gasteiger charge is 2.34. The summed E-state index contributed by atoms with van der Waals surface area (Å²) in [6, 6.07) is 6.41. The van der Waals surface area contributed by atoms with Crippen molar-refractivity contribution in [1.82, 2.24) is 0 Å². The van der Waals surface area contributed by atoms with E-state index in [0.717, 1.165) is 5.56 Å². The highest BCUT2D eigenvalue weighted by atomic mass is 32.2. The number of benzene rings is 1. The first-order valence-corrected chi connectivity index (χ1v) is 8.23. The molecule has 1 rings (SSSR count). The van der Waals surface area contributed by atoms with Gasteiger partial charge in [0.1, 0.15) is 12.1 Å². The quantitative estimate of drug-likeness (QED) is 0.546. The highest BCUT2D eigenvalue weighted by molar-refractivity contribution is 7.92. The Morgan fingerprint density at radius 1 is 1.29 bits per heavy atom. The van der Waals surface area contributed by atoms with Crippen LogP contribution in [0.1, 0.15) is 25.3 Å². The molecule has 0 aromatic heterocycles. The number of hydrogen-bond donors (Lipinski definition) is 0. The third-order valence-corrected chi connectivity index (χ3v) is 5.57. The summed E-state index contributed by atoms with van der Waals surface area (Å²) in [4.78, 5) is 22.8. The van der Waals surface area contributed by atoms with Crippen molar-refractivity contribution < 1.29 is 18.0 Å². The molecule has 4 nitrogen and oxygen atoms in total. The predicted octanol–water partition coefficient (Wildman–Crippen LogP) is 2.51. The van der Waals surface area contributed by atoms with Gasteiger partial charge in [-0.05, 0) is 32.4 Å². The molecule has 0 unspecified atom stereocenters. The first kappa shape index (κ1) is 17.3. The largest absolute Gasteiger partial charge is 0.303 e. The van der Waals surface area contributed by atoms with E-state index in [9.17, 15) is 18.0 Å². The number of carbonyl (C=O) groups is 2. The molecule has 114 valence electrons. The summed E-state index contributed by atoms with van der Waals surface area (Å²) in [7, 11) is -3.75. The van der Waals surface area contributed by atoms with Crippen LogP contribution in [0.25, 0.3) is 0 Å². The van der Waals surface area contributed by atoms with E-state index in [1.165, 1.54) is 25.1 Å². The van der Waals surface area contributed by atoms with E-state index in [4.69, 9.17) is 0 Å². The summed E-state index contributed by atoms with van der Waals surface area (Å²) in [6.07, 6.45) is 2.15. The molecule has 0 aliphatic carbocycles. The normalized spacial score (nSPS) is 14.2. The molecule has 0 aliphatic heterocycles. The molecule has 0 saturated heterocycles. The maximum atomic E-state index is 12.7. The van der Waals surface area contributed by atoms with E-state index in [0.29, 0.717) is 6.29 Å². The molecule has 0 amide bonds. The molecule has 0 heterocycles. The average molecular weight is 308 g/mol. The summed E-state index contributed by atoms with van der Waals surface area (Å²) in [5, 5.41) is -1.05. The lowest BCUT2D eigenvalue weighted by molar-refractivity contribution is -0.117. The molecule has 0 aliphatic rings. The van der Waals surface area contributed by atoms with Crippen molar-refractivity contribution in [2.45, 2.75) is 36.8 Å². The Kier molecular flexibility index (Phi) is 6.03. The zero-order chi connectivity index (χ0) is 16.0. The van der Waals surface area contributed by atoms with Gasteiger partial charge >= 0.3 is 0 Å². The van der Waals surface area contributed by atoms with E-state index >= 15 is 0 Å². The molecule has 0 radical (unpaired) electrons. The SMILES string of the molecule is C=CC[C@@H](C=O)[C@H](CC(C)=O)S(=O)(=O)c1ccc(C)cc1. The number of Topliss-reactive ketones (excluding diaryl/α,β-unsaturated/α-hetero) is 1. The molecule has 0 spiro atoms. The number of aldehydes is 1. The van der Waals surface area contributed by atoms with E-state index in [1.807, 2.05) is 6.92 Å². The van der Waals surface area contributed by atoms with E-state index in [-0.39, 0.29) is 23.5 Å². The fourth-order valence-electron chi connectivity index (χ4n) is 2.16. The summed E-state index contributed by atoms with van der Waals surface area (Å²) >= 11 is 0. The molecular weight excluding hydrogens is 288 g/mol. The Balaban J connectivity index is 3.28. The smallest absolute Gasteiger partial charge is 0.182 e. The Morgan fingerprint density at radius 2 is 1.86 bits per heavy atom. The van der Waals surface area contributed by atoms with Crippen LogP contribution < -0.4 is 0 Å².